The van der Waals surface area contributed by atoms with Crippen LogP contribution in [0.2, 0.25) is 0 Å². The van der Waals surface area contributed by atoms with Crippen molar-refractivity contribution in [3.63, 3.8) is 0 Å². The van der Waals surface area contributed by atoms with Gasteiger partial charge in [-0.15, -0.1) is 18.0 Å². The minimum absolute atomic E-state index is 0.0439. The number of halogens is 2. The van der Waals surface area contributed by atoms with Gasteiger partial charge >= 0.3 is 0 Å². The molecule has 6 atom stereocenters. The molecule has 0 bridgehead atoms. The summed E-state index contributed by atoms with van der Waals surface area (Å²) < 4.78 is 12.0. The third-order valence-electron chi connectivity index (χ3n) is 3.89. The fraction of sp³-hybridized carbons (Fsp3) is 0.733. The van der Waals surface area contributed by atoms with Gasteiger partial charge < -0.3 is 9.47 Å². The van der Waals surface area contributed by atoms with Gasteiger partial charge in [0.05, 0.1) is 29.8 Å². The van der Waals surface area contributed by atoms with Crippen molar-refractivity contribution in [2.75, 3.05) is 5.33 Å². The first-order valence-corrected chi connectivity index (χ1v) is 8.39. The van der Waals surface area contributed by atoms with Crippen LogP contribution >= 0.6 is 27.5 Å². The maximum atomic E-state index is 6.45. The molecule has 2 heterocycles. The van der Waals surface area contributed by atoms with E-state index in [2.05, 4.69) is 28.8 Å². The quantitative estimate of drug-likeness (QED) is 0.431. The van der Waals surface area contributed by atoms with Crippen molar-refractivity contribution in [3.8, 4) is 12.3 Å². The van der Waals surface area contributed by atoms with Crippen molar-refractivity contribution >= 4 is 27.5 Å². The number of alkyl halides is 2. The first-order valence-electron chi connectivity index (χ1n) is 6.83. The van der Waals surface area contributed by atoms with Crippen molar-refractivity contribution < 1.29 is 9.47 Å². The molecule has 0 aromatic carbocycles. The van der Waals surface area contributed by atoms with Crippen LogP contribution in [0.5, 0.6) is 0 Å². The fourth-order valence-corrected chi connectivity index (χ4v) is 3.83. The molecule has 0 radical (unpaired) electrons. The Morgan fingerprint density at radius 1 is 1.53 bits per heavy atom. The molecule has 2 fully saturated rings. The number of epoxide rings is 1. The third-order valence-corrected chi connectivity index (χ3v) is 5.10. The highest BCUT2D eigenvalue weighted by Crippen LogP contribution is 2.42. The normalized spacial score (nSPS) is 39.4. The summed E-state index contributed by atoms with van der Waals surface area (Å²) in [5.41, 5.74) is 0. The number of terminal acetylenes is 1. The summed E-state index contributed by atoms with van der Waals surface area (Å²) in [6.45, 7) is 2.15. The van der Waals surface area contributed by atoms with E-state index in [1.807, 2.05) is 6.08 Å². The minimum atomic E-state index is -0.0439. The van der Waals surface area contributed by atoms with Crippen molar-refractivity contribution in [2.24, 2.45) is 5.92 Å². The molecule has 2 rings (SSSR count). The number of rotatable bonds is 5. The Bertz CT molecular complexity index is 366. The standard InChI is InChI=1S/C15H20BrClO2/c1-3-5-6-7-11(17)13-8-14-15(19-14)10(9-16)12(4-2)18-13/h1,5-6,10-15H,4,7-9H2,2H3/b6-5-/t10-,11?,12+,13-,14-,15+/m0/s1. The minimum Gasteiger partial charge on any atom is -0.373 e. The van der Waals surface area contributed by atoms with Gasteiger partial charge in [0.15, 0.2) is 0 Å². The van der Waals surface area contributed by atoms with E-state index < -0.39 is 0 Å². The van der Waals surface area contributed by atoms with Gasteiger partial charge in [-0.25, -0.2) is 0 Å². The monoisotopic (exact) mass is 346 g/mol. The number of ether oxygens (including phenoxy) is 2. The van der Waals surface area contributed by atoms with Crippen LogP contribution in [0.3, 0.4) is 0 Å². The predicted octanol–water partition coefficient (Wildman–Crippen LogP) is 3.52. The lowest BCUT2D eigenvalue weighted by molar-refractivity contribution is -0.0484. The van der Waals surface area contributed by atoms with Gasteiger partial charge in [0.1, 0.15) is 0 Å². The molecule has 0 amide bonds. The molecule has 106 valence electrons. The summed E-state index contributed by atoms with van der Waals surface area (Å²) in [6, 6.07) is 0. The van der Waals surface area contributed by atoms with E-state index in [1.54, 1.807) is 6.08 Å². The molecule has 19 heavy (non-hydrogen) atoms. The SMILES string of the molecule is C#C/C=C\CC(Cl)[C@@H]1C[C@@H]2O[C@@H]2[C@@H](CBr)[C@@H](CC)O1. The molecule has 2 saturated heterocycles. The Labute approximate surface area is 129 Å². The van der Waals surface area contributed by atoms with Gasteiger partial charge in [0.25, 0.3) is 0 Å². The lowest BCUT2D eigenvalue weighted by atomic mass is 9.97. The van der Waals surface area contributed by atoms with Gasteiger partial charge in [0, 0.05) is 17.7 Å². The van der Waals surface area contributed by atoms with E-state index in [4.69, 9.17) is 27.5 Å². The molecule has 4 heteroatoms. The lowest BCUT2D eigenvalue weighted by Crippen LogP contribution is -2.34. The van der Waals surface area contributed by atoms with Gasteiger partial charge in [-0.2, -0.15) is 0 Å². The molecular formula is C15H20BrClO2. The predicted molar refractivity (Wildman–Crippen MR) is 81.7 cm³/mol. The van der Waals surface area contributed by atoms with Crippen LogP contribution in [0, 0.1) is 18.3 Å². The number of fused-ring (bicyclic) bond motifs is 1. The van der Waals surface area contributed by atoms with E-state index in [-0.39, 0.29) is 17.6 Å². The second-order valence-electron chi connectivity index (χ2n) is 5.13. The summed E-state index contributed by atoms with van der Waals surface area (Å²) in [4.78, 5) is 0. The van der Waals surface area contributed by atoms with Crippen LogP contribution in [0.15, 0.2) is 12.2 Å². The molecule has 1 unspecified atom stereocenters. The summed E-state index contributed by atoms with van der Waals surface area (Å²) >= 11 is 10.0. The molecule has 2 aliphatic rings. The number of hydrogen-bond acceptors (Lipinski definition) is 2. The van der Waals surface area contributed by atoms with Gasteiger partial charge in [-0.1, -0.05) is 34.9 Å². The highest BCUT2D eigenvalue weighted by Gasteiger charge is 2.51. The van der Waals surface area contributed by atoms with Crippen molar-refractivity contribution in [3.05, 3.63) is 12.2 Å². The molecule has 0 saturated carbocycles. The molecule has 2 nitrogen and oxygen atoms in total. The van der Waals surface area contributed by atoms with E-state index in [0.29, 0.717) is 18.1 Å². The Morgan fingerprint density at radius 2 is 2.32 bits per heavy atom. The Hall–Kier alpha value is -0.0100. The molecule has 0 spiro atoms. The van der Waals surface area contributed by atoms with Gasteiger partial charge in [-0.3, -0.25) is 0 Å². The van der Waals surface area contributed by atoms with Gasteiger partial charge in [-0.05, 0) is 18.9 Å². The van der Waals surface area contributed by atoms with Crippen LogP contribution in [0.25, 0.3) is 0 Å². The highest BCUT2D eigenvalue weighted by molar-refractivity contribution is 9.09. The van der Waals surface area contributed by atoms with Crippen LogP contribution < -0.4 is 0 Å². The Morgan fingerprint density at radius 3 is 2.95 bits per heavy atom. The second kappa shape index (κ2) is 7.13. The average molecular weight is 348 g/mol. The highest BCUT2D eigenvalue weighted by atomic mass is 79.9. The van der Waals surface area contributed by atoms with Crippen LogP contribution in [-0.2, 0) is 9.47 Å². The van der Waals surface area contributed by atoms with E-state index in [9.17, 15) is 0 Å². The molecule has 2 aliphatic heterocycles. The van der Waals surface area contributed by atoms with Crippen molar-refractivity contribution in [1.29, 1.82) is 0 Å². The van der Waals surface area contributed by atoms with E-state index in [1.165, 1.54) is 0 Å². The average Bonchev–Trinajstić information content (AvgIpc) is 3.16. The summed E-state index contributed by atoms with van der Waals surface area (Å²) in [5, 5.41) is 0.876. The summed E-state index contributed by atoms with van der Waals surface area (Å²) in [5.74, 6) is 2.92. The number of allylic oxidation sites excluding steroid dienone is 2. The third kappa shape index (κ3) is 3.76. The van der Waals surface area contributed by atoms with E-state index >= 15 is 0 Å². The first kappa shape index (κ1) is 15.4. The van der Waals surface area contributed by atoms with Gasteiger partial charge in [0.2, 0.25) is 0 Å². The zero-order valence-corrected chi connectivity index (χ0v) is 13.4. The Kier molecular flexibility index (Phi) is 5.77. The van der Waals surface area contributed by atoms with Crippen LogP contribution in [0.1, 0.15) is 26.2 Å². The smallest absolute Gasteiger partial charge is 0.0903 e. The molecule has 0 aliphatic carbocycles. The van der Waals surface area contributed by atoms with Crippen LogP contribution in [-0.4, -0.2) is 35.1 Å². The summed E-state index contributed by atoms with van der Waals surface area (Å²) in [6.07, 6.45) is 12.4. The zero-order valence-electron chi connectivity index (χ0n) is 11.1. The molecule has 0 aromatic heterocycles. The maximum Gasteiger partial charge on any atom is 0.0903 e. The van der Waals surface area contributed by atoms with E-state index in [0.717, 1.165) is 24.6 Å². The lowest BCUT2D eigenvalue weighted by Gasteiger charge is -2.28. The molecule has 0 N–H and O–H groups in total. The number of hydrogen-bond donors (Lipinski definition) is 0. The van der Waals surface area contributed by atoms with Crippen molar-refractivity contribution in [1.82, 2.24) is 0 Å². The van der Waals surface area contributed by atoms with Crippen molar-refractivity contribution in [2.45, 2.75) is 56.0 Å². The molecule has 0 aromatic rings. The first-order chi connectivity index (χ1) is 9.21. The maximum absolute atomic E-state index is 6.45. The second-order valence-corrected chi connectivity index (χ2v) is 6.34. The van der Waals surface area contributed by atoms with Crippen LogP contribution in [0.4, 0.5) is 0 Å². The molecular weight excluding hydrogens is 328 g/mol. The Balaban J connectivity index is 1.98. The topological polar surface area (TPSA) is 21.8 Å². The summed E-state index contributed by atoms with van der Waals surface area (Å²) in [7, 11) is 0. The zero-order chi connectivity index (χ0) is 13.8. The fourth-order valence-electron chi connectivity index (χ4n) is 2.78. The largest absolute Gasteiger partial charge is 0.373 e.